The van der Waals surface area contributed by atoms with Crippen molar-refractivity contribution < 1.29 is 19.8 Å². The zero-order valence-corrected chi connectivity index (χ0v) is 15.1. The van der Waals surface area contributed by atoms with Crippen molar-refractivity contribution in [2.24, 2.45) is 0 Å². The summed E-state index contributed by atoms with van der Waals surface area (Å²) >= 11 is 0. The first-order chi connectivity index (χ1) is 13.4. The number of likely N-dealkylation sites (tertiary alicyclic amines) is 1. The Morgan fingerprint density at radius 3 is 2.71 bits per heavy atom. The molecule has 4 rings (SSSR count). The van der Waals surface area contributed by atoms with Crippen LogP contribution in [0.1, 0.15) is 12.0 Å². The van der Waals surface area contributed by atoms with E-state index in [0.29, 0.717) is 34.3 Å². The summed E-state index contributed by atoms with van der Waals surface area (Å²) in [7, 11) is 1.63. The average molecular weight is 375 g/mol. The molecule has 1 aromatic heterocycles. The van der Waals surface area contributed by atoms with Crippen LogP contribution in [0.2, 0.25) is 0 Å². The predicted molar refractivity (Wildman–Crippen MR) is 103 cm³/mol. The summed E-state index contributed by atoms with van der Waals surface area (Å²) < 4.78 is 0.943. The molecule has 0 saturated carbocycles. The topological polar surface area (TPSA) is 95.7 Å². The number of carbonyl (C=O) groups is 2. The van der Waals surface area contributed by atoms with Gasteiger partial charge < -0.3 is 15.1 Å². The summed E-state index contributed by atoms with van der Waals surface area (Å²) in [6, 6.07) is 14.2. The van der Waals surface area contributed by atoms with Gasteiger partial charge in [0.1, 0.15) is 5.69 Å². The van der Waals surface area contributed by atoms with Crippen LogP contribution in [0.4, 0.5) is 4.79 Å². The van der Waals surface area contributed by atoms with Crippen LogP contribution >= 0.6 is 0 Å². The lowest BCUT2D eigenvalue weighted by atomic mass is 10.0. The fraction of sp³-hybridized carbons (Fsp3) is 0.190. The molecule has 0 radical (unpaired) electrons. The van der Waals surface area contributed by atoms with E-state index in [1.54, 1.807) is 37.4 Å². The molecule has 0 unspecified atom stereocenters. The second-order valence-electron chi connectivity index (χ2n) is 6.73. The number of aliphatic hydroxyl groups is 1. The van der Waals surface area contributed by atoms with E-state index in [2.05, 4.69) is 16.9 Å². The van der Waals surface area contributed by atoms with E-state index in [1.807, 2.05) is 18.2 Å². The number of rotatable bonds is 1. The highest BCUT2D eigenvalue weighted by atomic mass is 16.4. The third-order valence-electron chi connectivity index (χ3n) is 4.83. The molecule has 7 heteroatoms. The summed E-state index contributed by atoms with van der Waals surface area (Å²) in [5.74, 6) is 5.16. The summed E-state index contributed by atoms with van der Waals surface area (Å²) in [4.78, 5) is 25.0. The van der Waals surface area contributed by atoms with Crippen LogP contribution in [0, 0.1) is 11.8 Å². The normalized spacial score (nSPS) is 18.9. The maximum absolute atomic E-state index is 12.1. The van der Waals surface area contributed by atoms with Crippen molar-refractivity contribution >= 4 is 22.9 Å². The highest BCUT2D eigenvalue weighted by Gasteiger charge is 2.42. The number of nitrogens with zero attached hydrogens (tertiary/aromatic N) is 3. The second kappa shape index (κ2) is 6.51. The Balaban J connectivity index is 1.76. The monoisotopic (exact) mass is 375 g/mol. The number of likely N-dealkylation sites (N-methyl/N-ethyl adjacent to an activating group) is 1. The Labute approximate surface area is 160 Å². The first-order valence-corrected chi connectivity index (χ1v) is 8.72. The number of hydrogen-bond acceptors (Lipinski definition) is 4. The van der Waals surface area contributed by atoms with E-state index < -0.39 is 17.6 Å². The van der Waals surface area contributed by atoms with Gasteiger partial charge in [-0.25, -0.2) is 4.79 Å². The molecule has 1 atom stereocenters. The molecule has 7 nitrogen and oxygen atoms in total. The highest BCUT2D eigenvalue weighted by Crippen LogP contribution is 2.28. The van der Waals surface area contributed by atoms with Crippen LogP contribution in [0.25, 0.3) is 22.2 Å². The van der Waals surface area contributed by atoms with Gasteiger partial charge in [0.2, 0.25) is 5.60 Å². The van der Waals surface area contributed by atoms with E-state index in [0.717, 1.165) is 4.68 Å². The van der Waals surface area contributed by atoms with Gasteiger partial charge in [-0.05, 0) is 18.2 Å². The number of carbonyl (C=O) groups excluding carboxylic acids is 1. The van der Waals surface area contributed by atoms with Crippen molar-refractivity contribution in [3.05, 3.63) is 54.1 Å². The van der Waals surface area contributed by atoms with Gasteiger partial charge in [-0.2, -0.15) is 9.78 Å². The van der Waals surface area contributed by atoms with Crippen molar-refractivity contribution in [2.45, 2.75) is 12.0 Å². The maximum atomic E-state index is 12.1. The number of hydrogen-bond donors (Lipinski definition) is 2. The van der Waals surface area contributed by atoms with Crippen LogP contribution in [0.5, 0.6) is 0 Å². The number of benzene rings is 2. The Bertz CT molecular complexity index is 1170. The van der Waals surface area contributed by atoms with Crippen molar-refractivity contribution in [2.75, 3.05) is 13.6 Å². The molecule has 1 aliphatic heterocycles. The van der Waals surface area contributed by atoms with Gasteiger partial charge in [-0.1, -0.05) is 42.2 Å². The minimum Gasteiger partial charge on any atom is -0.463 e. The molecule has 1 amide bonds. The van der Waals surface area contributed by atoms with Crippen LogP contribution in [-0.2, 0) is 4.79 Å². The molecule has 2 heterocycles. The smallest absolute Gasteiger partial charge is 0.432 e. The molecule has 0 bridgehead atoms. The van der Waals surface area contributed by atoms with Gasteiger partial charge in [-0.15, -0.1) is 0 Å². The number of para-hydroxylation sites is 1. The average Bonchev–Trinajstić information content (AvgIpc) is 3.21. The first-order valence-electron chi connectivity index (χ1n) is 8.72. The van der Waals surface area contributed by atoms with Gasteiger partial charge in [0.05, 0.1) is 5.52 Å². The van der Waals surface area contributed by atoms with Gasteiger partial charge in [0, 0.05) is 36.5 Å². The molecule has 3 aromatic rings. The fourth-order valence-corrected chi connectivity index (χ4v) is 3.31. The van der Waals surface area contributed by atoms with Gasteiger partial charge >= 0.3 is 6.09 Å². The van der Waals surface area contributed by atoms with Crippen LogP contribution < -0.4 is 0 Å². The minimum absolute atomic E-state index is 0.267. The molecular weight excluding hydrogens is 358 g/mol. The second-order valence-corrected chi connectivity index (χ2v) is 6.73. The van der Waals surface area contributed by atoms with E-state index in [9.17, 15) is 19.8 Å². The number of aromatic nitrogens is 2. The molecule has 2 N–H and O–H groups in total. The number of fused-ring (bicyclic) bond motifs is 1. The number of carboxylic acid groups (broad SMARTS) is 1. The van der Waals surface area contributed by atoms with Crippen molar-refractivity contribution in [3.63, 3.8) is 0 Å². The van der Waals surface area contributed by atoms with Crippen molar-refractivity contribution in [1.82, 2.24) is 14.7 Å². The van der Waals surface area contributed by atoms with Crippen LogP contribution in [0.15, 0.2) is 48.5 Å². The summed E-state index contributed by atoms with van der Waals surface area (Å²) in [6.07, 6.45) is -0.896. The summed E-state index contributed by atoms with van der Waals surface area (Å²) in [5.41, 5.74) is 0.655. The predicted octanol–water partition coefficient (Wildman–Crippen LogP) is 2.17. The standard InChI is InChI=1S/C21H17N3O4/c1-23-12-11-21(28,19(23)25)10-9-14-5-4-6-15(13-14)18-16-7-2-3-8-17(16)24(22-18)20(26)27/h2-8,13,28H,11-12H2,1H3,(H,26,27)/t21-/m0/s1. The quantitative estimate of drug-likeness (QED) is 0.636. The SMILES string of the molecule is CN1CC[C@@](O)(C#Cc2cccc(-c3nn(C(=O)O)c4ccccc34)c2)C1=O. The third kappa shape index (κ3) is 2.90. The lowest BCUT2D eigenvalue weighted by Crippen LogP contribution is -2.37. The molecule has 2 aromatic carbocycles. The van der Waals surface area contributed by atoms with Crippen molar-refractivity contribution in [3.8, 4) is 23.1 Å². The van der Waals surface area contributed by atoms with Crippen molar-refractivity contribution in [1.29, 1.82) is 0 Å². The van der Waals surface area contributed by atoms with Crippen LogP contribution in [-0.4, -0.2) is 56.1 Å². The summed E-state index contributed by atoms with van der Waals surface area (Å²) in [5, 5.41) is 24.8. The molecule has 140 valence electrons. The number of amides is 1. The lowest BCUT2D eigenvalue weighted by molar-refractivity contribution is -0.137. The van der Waals surface area contributed by atoms with E-state index in [4.69, 9.17) is 0 Å². The Morgan fingerprint density at radius 2 is 2.00 bits per heavy atom. The molecule has 1 saturated heterocycles. The molecule has 1 aliphatic rings. The largest absolute Gasteiger partial charge is 0.463 e. The molecule has 1 fully saturated rings. The highest BCUT2D eigenvalue weighted by molar-refractivity contribution is 5.97. The molecule has 0 aliphatic carbocycles. The minimum atomic E-state index is -1.66. The zero-order chi connectivity index (χ0) is 19.9. The first kappa shape index (κ1) is 17.8. The zero-order valence-electron chi connectivity index (χ0n) is 15.1. The molecule has 0 spiro atoms. The van der Waals surface area contributed by atoms with Gasteiger partial charge in [0.15, 0.2) is 0 Å². The molecular formula is C21H17N3O4. The lowest BCUT2D eigenvalue weighted by Gasteiger charge is -2.13. The van der Waals surface area contributed by atoms with E-state index in [1.165, 1.54) is 4.90 Å². The third-order valence-corrected chi connectivity index (χ3v) is 4.83. The fourth-order valence-electron chi connectivity index (χ4n) is 3.31. The van der Waals surface area contributed by atoms with E-state index >= 15 is 0 Å². The van der Waals surface area contributed by atoms with Gasteiger partial charge in [0.25, 0.3) is 5.91 Å². The Hall–Kier alpha value is -3.63. The maximum Gasteiger partial charge on any atom is 0.432 e. The van der Waals surface area contributed by atoms with E-state index in [-0.39, 0.29) is 6.42 Å². The Kier molecular flexibility index (Phi) is 4.13. The van der Waals surface area contributed by atoms with Gasteiger partial charge in [-0.3, -0.25) is 4.79 Å². The van der Waals surface area contributed by atoms with Crippen LogP contribution in [0.3, 0.4) is 0 Å². The molecule has 28 heavy (non-hydrogen) atoms. The summed E-state index contributed by atoms with van der Waals surface area (Å²) in [6.45, 7) is 0.461. The Morgan fingerprint density at radius 1 is 1.21 bits per heavy atom.